The van der Waals surface area contributed by atoms with E-state index in [4.69, 9.17) is 9.52 Å². The number of hydrogen-bond acceptors (Lipinski definition) is 4. The van der Waals surface area contributed by atoms with E-state index in [1.54, 1.807) is 6.07 Å². The van der Waals surface area contributed by atoms with Crippen LogP contribution in [0.2, 0.25) is 0 Å². The average Bonchev–Trinajstić information content (AvgIpc) is 2.64. The van der Waals surface area contributed by atoms with Gasteiger partial charge < -0.3 is 9.52 Å². The van der Waals surface area contributed by atoms with Crippen LogP contribution in [0.15, 0.2) is 16.5 Å². The van der Waals surface area contributed by atoms with Crippen molar-refractivity contribution in [3.8, 4) is 0 Å². The summed E-state index contributed by atoms with van der Waals surface area (Å²) in [4.78, 5) is 19.3. The minimum atomic E-state index is -1.04. The number of rotatable bonds is 2. The molecule has 2 aromatic rings. The highest BCUT2D eigenvalue weighted by Gasteiger charge is 2.20. The summed E-state index contributed by atoms with van der Waals surface area (Å²) in [6, 6.07) is 3.09. The standard InChI is InChI=1S/C14H16N2O3/c17-14(18)10-7-8-11-12(15-10)16-13(19-11)9-5-3-1-2-4-6-9/h7-9H,1-6H2,(H,17,18). The van der Waals surface area contributed by atoms with Crippen molar-refractivity contribution in [2.75, 3.05) is 0 Å². The molecule has 0 spiro atoms. The largest absolute Gasteiger partial charge is 0.477 e. The topological polar surface area (TPSA) is 76.2 Å². The lowest BCUT2D eigenvalue weighted by molar-refractivity contribution is 0.0691. The maximum absolute atomic E-state index is 10.9. The van der Waals surface area contributed by atoms with E-state index in [0.29, 0.717) is 23.0 Å². The molecule has 19 heavy (non-hydrogen) atoms. The number of carboxylic acid groups (broad SMARTS) is 1. The van der Waals surface area contributed by atoms with E-state index in [0.717, 1.165) is 12.8 Å². The van der Waals surface area contributed by atoms with Gasteiger partial charge in [0, 0.05) is 5.92 Å². The van der Waals surface area contributed by atoms with Gasteiger partial charge in [-0.2, -0.15) is 4.98 Å². The molecule has 3 rings (SSSR count). The zero-order valence-electron chi connectivity index (χ0n) is 10.6. The van der Waals surface area contributed by atoms with Crippen LogP contribution in [0, 0.1) is 0 Å². The predicted octanol–water partition coefficient (Wildman–Crippen LogP) is 3.36. The molecule has 100 valence electrons. The number of hydrogen-bond donors (Lipinski definition) is 1. The van der Waals surface area contributed by atoms with Gasteiger partial charge in [0.1, 0.15) is 0 Å². The van der Waals surface area contributed by atoms with Crippen LogP contribution in [0.4, 0.5) is 0 Å². The highest BCUT2D eigenvalue weighted by molar-refractivity contribution is 5.87. The van der Waals surface area contributed by atoms with Crippen LogP contribution >= 0.6 is 0 Å². The molecule has 5 heteroatoms. The van der Waals surface area contributed by atoms with Crippen molar-refractivity contribution < 1.29 is 14.3 Å². The van der Waals surface area contributed by atoms with Gasteiger partial charge in [-0.1, -0.05) is 25.7 Å². The van der Waals surface area contributed by atoms with E-state index < -0.39 is 5.97 Å². The molecule has 0 saturated heterocycles. The molecule has 0 amide bonds. The molecule has 1 fully saturated rings. The van der Waals surface area contributed by atoms with Crippen LogP contribution in [0.25, 0.3) is 11.2 Å². The van der Waals surface area contributed by atoms with Gasteiger partial charge in [0.2, 0.25) is 0 Å². The summed E-state index contributed by atoms with van der Waals surface area (Å²) in [5, 5.41) is 8.92. The first-order valence-electron chi connectivity index (χ1n) is 6.75. The van der Waals surface area contributed by atoms with Gasteiger partial charge in [-0.15, -0.1) is 0 Å². The second-order valence-electron chi connectivity index (χ2n) is 5.06. The first-order chi connectivity index (χ1) is 9.24. The van der Waals surface area contributed by atoms with Gasteiger partial charge in [-0.25, -0.2) is 9.78 Å². The maximum Gasteiger partial charge on any atom is 0.354 e. The van der Waals surface area contributed by atoms with E-state index in [2.05, 4.69) is 9.97 Å². The molecule has 1 aliphatic carbocycles. The highest BCUT2D eigenvalue weighted by Crippen LogP contribution is 2.32. The van der Waals surface area contributed by atoms with Crippen molar-refractivity contribution in [1.29, 1.82) is 0 Å². The van der Waals surface area contributed by atoms with Crippen molar-refractivity contribution in [3.05, 3.63) is 23.7 Å². The molecular formula is C14H16N2O3. The zero-order chi connectivity index (χ0) is 13.2. The van der Waals surface area contributed by atoms with Crippen molar-refractivity contribution in [2.45, 2.75) is 44.4 Å². The summed E-state index contributed by atoms with van der Waals surface area (Å²) >= 11 is 0. The molecule has 1 N–H and O–H groups in total. The van der Waals surface area contributed by atoms with Gasteiger partial charge in [0.25, 0.3) is 0 Å². The van der Waals surface area contributed by atoms with Crippen molar-refractivity contribution >= 4 is 17.2 Å². The fraction of sp³-hybridized carbons (Fsp3) is 0.500. The monoisotopic (exact) mass is 260 g/mol. The van der Waals surface area contributed by atoms with Crippen molar-refractivity contribution in [2.24, 2.45) is 0 Å². The Labute approximate surface area is 110 Å². The van der Waals surface area contributed by atoms with Crippen LogP contribution < -0.4 is 0 Å². The van der Waals surface area contributed by atoms with Gasteiger partial charge in [-0.05, 0) is 25.0 Å². The van der Waals surface area contributed by atoms with Crippen LogP contribution in [0.3, 0.4) is 0 Å². The van der Waals surface area contributed by atoms with Crippen LogP contribution in [-0.2, 0) is 0 Å². The Morgan fingerprint density at radius 2 is 1.89 bits per heavy atom. The second kappa shape index (κ2) is 4.99. The Morgan fingerprint density at radius 1 is 1.16 bits per heavy atom. The number of fused-ring (bicyclic) bond motifs is 1. The average molecular weight is 260 g/mol. The van der Waals surface area contributed by atoms with E-state index in [1.807, 2.05) is 0 Å². The number of nitrogens with zero attached hydrogens (tertiary/aromatic N) is 2. The van der Waals surface area contributed by atoms with Gasteiger partial charge in [0.05, 0.1) is 0 Å². The van der Waals surface area contributed by atoms with Gasteiger partial charge in [-0.3, -0.25) is 0 Å². The zero-order valence-corrected chi connectivity index (χ0v) is 10.6. The van der Waals surface area contributed by atoms with Crippen LogP contribution in [0.1, 0.15) is 60.8 Å². The Kier molecular flexibility index (Phi) is 3.19. The first-order valence-corrected chi connectivity index (χ1v) is 6.75. The molecule has 0 bridgehead atoms. The van der Waals surface area contributed by atoms with E-state index >= 15 is 0 Å². The molecule has 0 unspecified atom stereocenters. The third kappa shape index (κ3) is 2.45. The molecule has 0 aliphatic heterocycles. The summed E-state index contributed by atoms with van der Waals surface area (Å²) in [6.45, 7) is 0. The Hall–Kier alpha value is -1.91. The molecule has 1 aliphatic rings. The van der Waals surface area contributed by atoms with E-state index in [1.165, 1.54) is 31.7 Å². The normalized spacial score (nSPS) is 17.5. The number of carboxylic acids is 1. The fourth-order valence-corrected chi connectivity index (χ4v) is 2.66. The quantitative estimate of drug-likeness (QED) is 0.838. The number of oxazole rings is 1. The lowest BCUT2D eigenvalue weighted by Gasteiger charge is -2.07. The highest BCUT2D eigenvalue weighted by atomic mass is 16.4. The third-order valence-electron chi connectivity index (χ3n) is 3.69. The molecule has 0 aromatic carbocycles. The van der Waals surface area contributed by atoms with Crippen molar-refractivity contribution in [1.82, 2.24) is 9.97 Å². The lowest BCUT2D eigenvalue weighted by atomic mass is 10.0. The summed E-state index contributed by atoms with van der Waals surface area (Å²) in [7, 11) is 0. The number of aromatic nitrogens is 2. The number of carbonyl (C=O) groups is 1. The minimum absolute atomic E-state index is 0.00761. The van der Waals surface area contributed by atoms with E-state index in [9.17, 15) is 4.79 Å². The Bertz CT molecular complexity index is 598. The summed E-state index contributed by atoms with van der Waals surface area (Å²) < 4.78 is 5.73. The molecule has 2 aromatic heterocycles. The van der Waals surface area contributed by atoms with Gasteiger partial charge in [0.15, 0.2) is 22.8 Å². The second-order valence-corrected chi connectivity index (χ2v) is 5.06. The first kappa shape index (κ1) is 12.1. The summed E-state index contributed by atoms with van der Waals surface area (Å²) in [6.07, 6.45) is 7.15. The molecule has 5 nitrogen and oxygen atoms in total. The van der Waals surface area contributed by atoms with Crippen molar-refractivity contribution in [3.63, 3.8) is 0 Å². The summed E-state index contributed by atoms with van der Waals surface area (Å²) in [5.41, 5.74) is 0.983. The third-order valence-corrected chi connectivity index (χ3v) is 3.69. The molecule has 1 saturated carbocycles. The maximum atomic E-state index is 10.9. The lowest BCUT2D eigenvalue weighted by Crippen LogP contribution is -2.00. The number of pyridine rings is 1. The minimum Gasteiger partial charge on any atom is -0.477 e. The molecule has 0 atom stereocenters. The smallest absolute Gasteiger partial charge is 0.354 e. The molecule has 0 radical (unpaired) electrons. The SMILES string of the molecule is O=C(O)c1ccc2oc(C3CCCCCC3)nc2n1. The summed E-state index contributed by atoms with van der Waals surface area (Å²) in [5.74, 6) is 0.0258. The number of aromatic carboxylic acids is 1. The van der Waals surface area contributed by atoms with Crippen LogP contribution in [-0.4, -0.2) is 21.0 Å². The predicted molar refractivity (Wildman–Crippen MR) is 69.2 cm³/mol. The fourth-order valence-electron chi connectivity index (χ4n) is 2.66. The van der Waals surface area contributed by atoms with Crippen LogP contribution in [0.5, 0.6) is 0 Å². The Balaban J connectivity index is 1.94. The Morgan fingerprint density at radius 3 is 2.58 bits per heavy atom. The van der Waals surface area contributed by atoms with Gasteiger partial charge >= 0.3 is 5.97 Å². The van der Waals surface area contributed by atoms with E-state index in [-0.39, 0.29) is 5.69 Å². The molecular weight excluding hydrogens is 244 g/mol. The molecule has 2 heterocycles.